The number of likely N-dealkylation sites (tertiary alicyclic amines) is 1. The summed E-state index contributed by atoms with van der Waals surface area (Å²) in [5, 5.41) is 2.80. The molecule has 1 aromatic rings. The molecule has 1 unspecified atom stereocenters. The van der Waals surface area contributed by atoms with Crippen LogP contribution in [0.25, 0.3) is 0 Å². The summed E-state index contributed by atoms with van der Waals surface area (Å²) in [6, 6.07) is 7.04. The molecule has 1 aromatic carbocycles. The average Bonchev–Trinajstić information content (AvgIpc) is 2.67. The van der Waals surface area contributed by atoms with Crippen LogP contribution in [0.1, 0.15) is 12.8 Å². The van der Waals surface area contributed by atoms with Crippen molar-refractivity contribution >= 4 is 17.5 Å². The van der Waals surface area contributed by atoms with E-state index >= 15 is 0 Å². The Bertz CT molecular complexity index is 706. The first-order chi connectivity index (χ1) is 13.4. The second kappa shape index (κ2) is 8.83. The van der Waals surface area contributed by atoms with Gasteiger partial charge in [0.05, 0.1) is 20.3 Å². The van der Waals surface area contributed by atoms with Crippen molar-refractivity contribution < 1.29 is 27.8 Å². The number of piperidine rings is 1. The molecule has 2 amide bonds. The second-order valence-corrected chi connectivity index (χ2v) is 7.06. The number of hydrogen-bond donors (Lipinski definition) is 1. The molecule has 2 fully saturated rings. The highest BCUT2D eigenvalue weighted by molar-refractivity contribution is 5.92. The molecule has 0 bridgehead atoms. The van der Waals surface area contributed by atoms with Crippen LogP contribution in [0.5, 0.6) is 5.75 Å². The smallest absolute Gasteiger partial charge is 0.253 e. The minimum Gasteiger partial charge on any atom is -0.497 e. The van der Waals surface area contributed by atoms with E-state index in [9.17, 15) is 18.4 Å². The number of benzene rings is 1. The molecule has 2 aliphatic heterocycles. The summed E-state index contributed by atoms with van der Waals surface area (Å²) in [7, 11) is 1.55. The Morgan fingerprint density at radius 2 is 2.04 bits per heavy atom. The van der Waals surface area contributed by atoms with E-state index in [-0.39, 0.29) is 50.8 Å². The van der Waals surface area contributed by atoms with Crippen LogP contribution in [0.15, 0.2) is 24.3 Å². The Kier molecular flexibility index (Phi) is 6.46. The van der Waals surface area contributed by atoms with Crippen LogP contribution >= 0.6 is 0 Å². The number of nitrogens with zero attached hydrogens (tertiary/aromatic N) is 2. The Morgan fingerprint density at radius 1 is 1.29 bits per heavy atom. The van der Waals surface area contributed by atoms with Crippen molar-refractivity contribution in [2.45, 2.75) is 24.9 Å². The first-order valence-electron chi connectivity index (χ1n) is 9.31. The maximum absolute atomic E-state index is 13.3. The van der Waals surface area contributed by atoms with Crippen molar-refractivity contribution in [2.24, 2.45) is 0 Å². The number of nitrogens with one attached hydrogen (secondary N) is 1. The first-order valence-corrected chi connectivity index (χ1v) is 9.31. The Hall–Kier alpha value is -2.26. The molecule has 1 N–H and O–H groups in total. The number of methoxy groups -OCH3 is 1. The standard InChI is InChI=1S/C19H25F2N3O4/c1-27-15-4-2-3-14(11-15)22-17(25)13-23-9-10-28-16(12-23)18(26)24-7-5-19(20,21)6-8-24/h2-4,11,16H,5-10,12-13H2,1H3,(H,22,25). The fourth-order valence-corrected chi connectivity index (χ4v) is 3.36. The molecule has 2 saturated heterocycles. The number of amides is 2. The van der Waals surface area contributed by atoms with Gasteiger partial charge >= 0.3 is 0 Å². The van der Waals surface area contributed by atoms with Gasteiger partial charge in [-0.15, -0.1) is 0 Å². The van der Waals surface area contributed by atoms with Gasteiger partial charge < -0.3 is 19.7 Å². The largest absolute Gasteiger partial charge is 0.497 e. The predicted molar refractivity (Wildman–Crippen MR) is 98.6 cm³/mol. The van der Waals surface area contributed by atoms with Crippen molar-refractivity contribution in [3.8, 4) is 5.75 Å². The molecule has 2 aliphatic rings. The summed E-state index contributed by atoms with van der Waals surface area (Å²) in [5.41, 5.74) is 0.625. The molecule has 2 heterocycles. The molecule has 0 saturated carbocycles. The Balaban J connectivity index is 1.50. The number of rotatable bonds is 5. The van der Waals surface area contributed by atoms with Gasteiger partial charge in [-0.1, -0.05) is 6.07 Å². The summed E-state index contributed by atoms with van der Waals surface area (Å²) in [6.45, 7) is 1.27. The minimum atomic E-state index is -2.70. The van der Waals surface area contributed by atoms with Gasteiger partial charge in [-0.05, 0) is 12.1 Å². The fraction of sp³-hybridized carbons (Fsp3) is 0.579. The summed E-state index contributed by atoms with van der Waals surface area (Å²) in [4.78, 5) is 28.2. The zero-order valence-corrected chi connectivity index (χ0v) is 15.8. The molecule has 7 nitrogen and oxygen atoms in total. The van der Waals surface area contributed by atoms with Crippen LogP contribution < -0.4 is 10.1 Å². The molecule has 154 valence electrons. The van der Waals surface area contributed by atoms with Crippen molar-refractivity contribution in [2.75, 3.05) is 51.8 Å². The SMILES string of the molecule is COc1cccc(NC(=O)CN2CCOC(C(=O)N3CCC(F)(F)CC3)C2)c1. The highest BCUT2D eigenvalue weighted by Gasteiger charge is 2.38. The van der Waals surface area contributed by atoms with E-state index in [0.29, 0.717) is 24.6 Å². The van der Waals surface area contributed by atoms with Crippen molar-refractivity contribution in [3.63, 3.8) is 0 Å². The summed E-state index contributed by atoms with van der Waals surface area (Å²) >= 11 is 0. The molecule has 28 heavy (non-hydrogen) atoms. The summed E-state index contributed by atoms with van der Waals surface area (Å²) in [5.74, 6) is -2.55. The number of morpholine rings is 1. The normalized spacial score (nSPS) is 22.5. The quantitative estimate of drug-likeness (QED) is 0.817. The molecule has 0 aliphatic carbocycles. The van der Waals surface area contributed by atoms with Gasteiger partial charge in [0, 0.05) is 50.8 Å². The third-order valence-corrected chi connectivity index (χ3v) is 4.95. The van der Waals surface area contributed by atoms with Gasteiger partial charge in [0.1, 0.15) is 11.9 Å². The number of ether oxygens (including phenoxy) is 2. The van der Waals surface area contributed by atoms with Gasteiger partial charge in [0.2, 0.25) is 5.91 Å². The van der Waals surface area contributed by atoms with Crippen LogP contribution in [0, 0.1) is 0 Å². The number of hydrogen-bond acceptors (Lipinski definition) is 5. The molecule has 3 rings (SSSR count). The van der Waals surface area contributed by atoms with Crippen LogP contribution in [0.2, 0.25) is 0 Å². The van der Waals surface area contributed by atoms with E-state index in [0.717, 1.165) is 0 Å². The first kappa shape index (κ1) is 20.5. The third-order valence-electron chi connectivity index (χ3n) is 4.95. The topological polar surface area (TPSA) is 71.1 Å². The van der Waals surface area contributed by atoms with Gasteiger partial charge in [0.25, 0.3) is 11.8 Å². The lowest BCUT2D eigenvalue weighted by atomic mass is 10.1. The van der Waals surface area contributed by atoms with Crippen molar-refractivity contribution in [1.82, 2.24) is 9.80 Å². The van der Waals surface area contributed by atoms with E-state index in [4.69, 9.17) is 9.47 Å². The zero-order valence-electron chi connectivity index (χ0n) is 15.8. The van der Waals surface area contributed by atoms with Gasteiger partial charge in [-0.2, -0.15) is 0 Å². The average molecular weight is 397 g/mol. The van der Waals surface area contributed by atoms with Crippen LogP contribution in [-0.2, 0) is 14.3 Å². The fourth-order valence-electron chi connectivity index (χ4n) is 3.36. The lowest BCUT2D eigenvalue weighted by molar-refractivity contribution is -0.155. The highest BCUT2D eigenvalue weighted by Crippen LogP contribution is 2.28. The van der Waals surface area contributed by atoms with E-state index in [1.165, 1.54) is 4.90 Å². The third kappa shape index (κ3) is 5.39. The molecular weight excluding hydrogens is 372 g/mol. The molecule has 0 radical (unpaired) electrons. The van der Waals surface area contributed by atoms with Crippen molar-refractivity contribution in [3.05, 3.63) is 24.3 Å². The van der Waals surface area contributed by atoms with Crippen LogP contribution in [0.3, 0.4) is 0 Å². The number of carbonyl (C=O) groups is 2. The van der Waals surface area contributed by atoms with E-state index in [2.05, 4.69) is 5.32 Å². The molecule has 0 spiro atoms. The molecule has 0 aromatic heterocycles. The number of alkyl halides is 2. The summed E-state index contributed by atoms with van der Waals surface area (Å²) < 4.78 is 37.2. The maximum Gasteiger partial charge on any atom is 0.253 e. The lowest BCUT2D eigenvalue weighted by Crippen LogP contribution is -2.54. The lowest BCUT2D eigenvalue weighted by Gasteiger charge is -2.37. The Morgan fingerprint density at radius 3 is 2.75 bits per heavy atom. The maximum atomic E-state index is 13.3. The van der Waals surface area contributed by atoms with Crippen LogP contribution in [0.4, 0.5) is 14.5 Å². The molecule has 1 atom stereocenters. The van der Waals surface area contributed by atoms with Gasteiger partial charge in [0.15, 0.2) is 0 Å². The van der Waals surface area contributed by atoms with E-state index in [1.807, 2.05) is 4.90 Å². The summed E-state index contributed by atoms with van der Waals surface area (Å²) in [6.07, 6.45) is -1.37. The van der Waals surface area contributed by atoms with Crippen LogP contribution in [-0.4, -0.2) is 80.1 Å². The van der Waals surface area contributed by atoms with Crippen molar-refractivity contribution in [1.29, 1.82) is 0 Å². The van der Waals surface area contributed by atoms with E-state index < -0.39 is 12.0 Å². The second-order valence-electron chi connectivity index (χ2n) is 7.06. The Labute approximate surface area is 162 Å². The zero-order chi connectivity index (χ0) is 20.1. The molecular formula is C19H25F2N3O4. The number of anilines is 1. The van der Waals surface area contributed by atoms with Gasteiger partial charge in [-0.25, -0.2) is 8.78 Å². The number of halogens is 2. The van der Waals surface area contributed by atoms with Gasteiger partial charge in [-0.3, -0.25) is 14.5 Å². The number of carbonyl (C=O) groups excluding carboxylic acids is 2. The molecule has 9 heteroatoms. The minimum absolute atomic E-state index is 0.0298. The predicted octanol–water partition coefficient (Wildman–Crippen LogP) is 1.59. The monoisotopic (exact) mass is 397 g/mol. The van der Waals surface area contributed by atoms with E-state index in [1.54, 1.807) is 31.4 Å². The highest BCUT2D eigenvalue weighted by atomic mass is 19.3.